The molecule has 9 atom stereocenters. The fourth-order valence-corrected chi connectivity index (χ4v) is 10.1. The van der Waals surface area contributed by atoms with Crippen LogP contribution in [-0.4, -0.2) is 103 Å². The molecule has 0 spiro atoms. The predicted octanol–water partition coefficient (Wildman–Crippen LogP) is 2.75. The number of fused-ring (bicyclic) bond motifs is 5. The van der Waals surface area contributed by atoms with Crippen LogP contribution in [0.15, 0.2) is 11.6 Å². The van der Waals surface area contributed by atoms with Crippen molar-refractivity contribution in [3.63, 3.8) is 0 Å². The Balaban J connectivity index is 1.14. The molecule has 11 nitrogen and oxygen atoms in total. The Morgan fingerprint density at radius 1 is 1.00 bits per heavy atom. The van der Waals surface area contributed by atoms with Gasteiger partial charge in [-0.05, 0) is 61.3 Å². The average Bonchev–Trinajstić information content (AvgIpc) is 3.46. The molecule has 43 heavy (non-hydrogen) atoms. The monoisotopic (exact) mass is 605 g/mol. The summed E-state index contributed by atoms with van der Waals surface area (Å²) >= 11 is 0. The Hall–Kier alpha value is -2.21. The van der Waals surface area contributed by atoms with Gasteiger partial charge in [0.05, 0.1) is 24.4 Å². The van der Waals surface area contributed by atoms with Crippen molar-refractivity contribution in [3.8, 4) is 0 Å². The number of esters is 2. The second-order valence-corrected chi connectivity index (χ2v) is 14.3. The SMILES string of the molecule is CC(=O)O[C@H]1C[C@]2(O)[C@@H]3CC[C@]4(O)C[C@@H](OC(=O)OCCN5CCOCC5)CC[C@]4(C)[C@H]3CC[C@]2(C)[C@H]1C1=CC(=O)OC1. The molecule has 1 saturated heterocycles. The van der Waals surface area contributed by atoms with Gasteiger partial charge in [-0.1, -0.05) is 13.8 Å². The first kappa shape index (κ1) is 30.8. The van der Waals surface area contributed by atoms with E-state index in [0.717, 1.165) is 25.1 Å². The summed E-state index contributed by atoms with van der Waals surface area (Å²) in [4.78, 5) is 38.9. The first-order chi connectivity index (χ1) is 20.4. The standard InChI is InChI=1S/C32H47NO10/c1-20(34)42-25-18-32(38)24-6-9-31(37)17-22(43-28(36)40-15-12-33-10-13-39-14-11-33)4-7-29(31,2)23(24)5-8-30(32,3)27(25)21-16-26(35)41-19-21/h16,22-25,27,37-38H,4-15,17-19H2,1-3H3/t22-,23-,24+,25-,27-,29+,30+,31-,32-/m0/s1. The summed E-state index contributed by atoms with van der Waals surface area (Å²) in [5, 5.41) is 24.8. The molecule has 0 aromatic heterocycles. The van der Waals surface area contributed by atoms with Crippen LogP contribution in [0.4, 0.5) is 4.79 Å². The Morgan fingerprint density at radius 2 is 1.72 bits per heavy atom. The largest absolute Gasteiger partial charge is 0.508 e. The Bertz CT molecular complexity index is 1150. The number of cyclic esters (lactones) is 1. The molecule has 4 aliphatic carbocycles. The molecule has 0 amide bonds. The molecule has 2 N–H and O–H groups in total. The average molecular weight is 606 g/mol. The molecule has 0 bridgehead atoms. The Labute approximate surface area is 253 Å². The first-order valence-corrected chi connectivity index (χ1v) is 16.0. The smallest absolute Gasteiger partial charge is 0.462 e. The van der Waals surface area contributed by atoms with Crippen molar-refractivity contribution in [3.05, 3.63) is 11.6 Å². The highest BCUT2D eigenvalue weighted by atomic mass is 16.7. The van der Waals surface area contributed by atoms with Crippen molar-refractivity contribution in [2.45, 2.75) is 95.5 Å². The maximum absolute atomic E-state index is 12.7. The highest BCUT2D eigenvalue weighted by Gasteiger charge is 2.72. The fourth-order valence-electron chi connectivity index (χ4n) is 10.1. The summed E-state index contributed by atoms with van der Waals surface area (Å²) in [6.45, 7) is 9.62. The van der Waals surface area contributed by atoms with E-state index in [1.54, 1.807) is 0 Å². The van der Waals surface area contributed by atoms with Crippen LogP contribution in [0.25, 0.3) is 0 Å². The molecule has 5 fully saturated rings. The van der Waals surface area contributed by atoms with Gasteiger partial charge in [-0.15, -0.1) is 0 Å². The van der Waals surface area contributed by atoms with E-state index in [1.165, 1.54) is 13.0 Å². The van der Waals surface area contributed by atoms with E-state index in [2.05, 4.69) is 18.7 Å². The second-order valence-electron chi connectivity index (χ2n) is 14.3. The van der Waals surface area contributed by atoms with Crippen LogP contribution in [0, 0.1) is 28.6 Å². The topological polar surface area (TPSA) is 141 Å². The summed E-state index contributed by atoms with van der Waals surface area (Å²) in [5.74, 6) is -1.20. The van der Waals surface area contributed by atoms with Crippen LogP contribution in [0.3, 0.4) is 0 Å². The van der Waals surface area contributed by atoms with Crippen molar-refractivity contribution < 1.29 is 48.3 Å². The maximum atomic E-state index is 12.7. The first-order valence-electron chi connectivity index (χ1n) is 16.0. The van der Waals surface area contributed by atoms with Gasteiger partial charge in [0.2, 0.25) is 0 Å². The third-order valence-corrected chi connectivity index (χ3v) is 12.3. The van der Waals surface area contributed by atoms with Crippen molar-refractivity contribution in [1.82, 2.24) is 4.90 Å². The van der Waals surface area contributed by atoms with E-state index < -0.39 is 52.3 Å². The molecule has 6 aliphatic rings. The number of carbonyl (C=O) groups is 3. The zero-order valence-corrected chi connectivity index (χ0v) is 25.7. The summed E-state index contributed by atoms with van der Waals surface area (Å²) in [6, 6.07) is 0. The fraction of sp³-hybridized carbons (Fsp3) is 0.844. The number of rotatable bonds is 6. The minimum atomic E-state index is -1.14. The van der Waals surface area contributed by atoms with Crippen molar-refractivity contribution >= 4 is 18.1 Å². The van der Waals surface area contributed by atoms with Gasteiger partial charge < -0.3 is 33.9 Å². The molecular weight excluding hydrogens is 558 g/mol. The number of carbonyl (C=O) groups excluding carboxylic acids is 3. The molecule has 0 radical (unpaired) electrons. The maximum Gasteiger partial charge on any atom is 0.508 e. The molecule has 2 aliphatic heterocycles. The number of hydrogen-bond acceptors (Lipinski definition) is 11. The van der Waals surface area contributed by atoms with Gasteiger partial charge in [-0.3, -0.25) is 9.69 Å². The lowest BCUT2D eigenvalue weighted by Gasteiger charge is -2.65. The molecule has 4 saturated carbocycles. The number of ether oxygens (including phenoxy) is 5. The van der Waals surface area contributed by atoms with Gasteiger partial charge in [0.15, 0.2) is 0 Å². The van der Waals surface area contributed by atoms with Gasteiger partial charge >= 0.3 is 18.1 Å². The highest BCUT2D eigenvalue weighted by Crippen LogP contribution is 2.71. The summed E-state index contributed by atoms with van der Waals surface area (Å²) in [7, 11) is 0. The van der Waals surface area contributed by atoms with E-state index in [9.17, 15) is 24.6 Å². The van der Waals surface area contributed by atoms with E-state index >= 15 is 0 Å². The highest BCUT2D eigenvalue weighted by molar-refractivity contribution is 5.85. The van der Waals surface area contributed by atoms with Gasteiger partial charge in [0.25, 0.3) is 0 Å². The van der Waals surface area contributed by atoms with Crippen LogP contribution in [0.2, 0.25) is 0 Å². The van der Waals surface area contributed by atoms with E-state index in [0.29, 0.717) is 58.3 Å². The molecule has 240 valence electrons. The Kier molecular flexibility index (Phi) is 8.09. The van der Waals surface area contributed by atoms with Crippen LogP contribution >= 0.6 is 0 Å². The lowest BCUT2D eigenvalue weighted by atomic mass is 9.42. The van der Waals surface area contributed by atoms with Crippen molar-refractivity contribution in [2.75, 3.05) is 46.1 Å². The molecule has 0 aromatic rings. The quantitative estimate of drug-likeness (QED) is 0.341. The van der Waals surface area contributed by atoms with E-state index in [4.69, 9.17) is 23.7 Å². The normalized spacial score (nSPS) is 44.3. The van der Waals surface area contributed by atoms with Crippen molar-refractivity contribution in [2.24, 2.45) is 28.6 Å². The number of nitrogens with zero attached hydrogens (tertiary/aromatic N) is 1. The Morgan fingerprint density at radius 3 is 2.42 bits per heavy atom. The van der Waals surface area contributed by atoms with Crippen LogP contribution in [0.1, 0.15) is 72.1 Å². The third-order valence-electron chi connectivity index (χ3n) is 12.3. The predicted molar refractivity (Wildman–Crippen MR) is 152 cm³/mol. The van der Waals surface area contributed by atoms with E-state index in [1.807, 2.05) is 0 Å². The summed E-state index contributed by atoms with van der Waals surface area (Å²) < 4.78 is 27.5. The molecule has 0 unspecified atom stereocenters. The van der Waals surface area contributed by atoms with Crippen LogP contribution < -0.4 is 0 Å². The van der Waals surface area contributed by atoms with Crippen LogP contribution in [0.5, 0.6) is 0 Å². The zero-order valence-electron chi connectivity index (χ0n) is 25.7. The second kappa shape index (κ2) is 11.3. The number of morpholine rings is 1. The number of aliphatic hydroxyl groups is 2. The van der Waals surface area contributed by atoms with Crippen molar-refractivity contribution in [1.29, 1.82) is 0 Å². The third kappa shape index (κ3) is 5.17. The molecule has 6 rings (SSSR count). The lowest BCUT2D eigenvalue weighted by molar-refractivity contribution is -0.255. The molecular formula is C32H47NO10. The zero-order chi connectivity index (χ0) is 30.6. The molecule has 11 heteroatoms. The van der Waals surface area contributed by atoms with Gasteiger partial charge in [-0.2, -0.15) is 0 Å². The van der Waals surface area contributed by atoms with Gasteiger partial charge in [0.1, 0.15) is 25.4 Å². The van der Waals surface area contributed by atoms with Gasteiger partial charge in [0, 0.05) is 56.8 Å². The molecule has 0 aromatic carbocycles. The number of hydrogen-bond donors (Lipinski definition) is 2. The summed E-state index contributed by atoms with van der Waals surface area (Å²) in [6.07, 6.45) is 4.26. The summed E-state index contributed by atoms with van der Waals surface area (Å²) in [5.41, 5.74) is -2.51. The minimum Gasteiger partial charge on any atom is -0.462 e. The minimum absolute atomic E-state index is 0.0397. The van der Waals surface area contributed by atoms with Gasteiger partial charge in [-0.25, -0.2) is 9.59 Å². The van der Waals surface area contributed by atoms with Crippen LogP contribution in [-0.2, 0) is 33.3 Å². The van der Waals surface area contributed by atoms with E-state index in [-0.39, 0.29) is 37.4 Å². The lowest BCUT2D eigenvalue weighted by Crippen LogP contribution is -2.67. The molecule has 2 heterocycles.